The van der Waals surface area contributed by atoms with Crippen LogP contribution < -0.4 is 10.9 Å². The van der Waals surface area contributed by atoms with Gasteiger partial charge in [-0.15, -0.1) is 0 Å². The number of aromatic amines is 1. The van der Waals surface area contributed by atoms with Crippen molar-refractivity contribution in [2.45, 2.75) is 63.5 Å². The van der Waals surface area contributed by atoms with Gasteiger partial charge in [-0.05, 0) is 31.7 Å². The van der Waals surface area contributed by atoms with Gasteiger partial charge in [-0.3, -0.25) is 9.59 Å². The molecule has 120 valence electrons. The fourth-order valence-electron chi connectivity index (χ4n) is 3.67. The molecule has 0 radical (unpaired) electrons. The van der Waals surface area contributed by atoms with E-state index in [-0.39, 0.29) is 23.1 Å². The van der Waals surface area contributed by atoms with Crippen LogP contribution in [0.5, 0.6) is 0 Å². The van der Waals surface area contributed by atoms with Gasteiger partial charge in [-0.2, -0.15) is 0 Å². The van der Waals surface area contributed by atoms with Crippen molar-refractivity contribution in [3.05, 3.63) is 33.7 Å². The quantitative estimate of drug-likeness (QED) is 0.899. The molecule has 0 bridgehead atoms. The van der Waals surface area contributed by atoms with Crippen LogP contribution in [0.2, 0.25) is 0 Å². The van der Waals surface area contributed by atoms with E-state index >= 15 is 0 Å². The molecule has 2 aliphatic rings. The van der Waals surface area contributed by atoms with Gasteiger partial charge in [-0.1, -0.05) is 26.2 Å². The zero-order valence-corrected chi connectivity index (χ0v) is 13.1. The Labute approximate surface area is 130 Å². The summed E-state index contributed by atoms with van der Waals surface area (Å²) in [4.78, 5) is 26.7. The molecule has 5 heteroatoms. The van der Waals surface area contributed by atoms with Crippen molar-refractivity contribution in [3.63, 3.8) is 0 Å². The van der Waals surface area contributed by atoms with Crippen molar-refractivity contribution in [1.82, 2.24) is 10.3 Å². The number of amides is 1. The number of ether oxygens (including phenoxy) is 1. The normalized spacial score (nSPS) is 23.6. The molecule has 1 saturated heterocycles. The van der Waals surface area contributed by atoms with Crippen molar-refractivity contribution >= 4 is 5.91 Å². The maximum Gasteiger partial charge on any atom is 0.251 e. The summed E-state index contributed by atoms with van der Waals surface area (Å²) in [7, 11) is 0. The molecule has 1 atom stereocenters. The van der Waals surface area contributed by atoms with Crippen molar-refractivity contribution in [2.75, 3.05) is 6.61 Å². The molecule has 3 rings (SSSR count). The molecule has 1 spiro atoms. The number of hydrogen-bond acceptors (Lipinski definition) is 3. The molecule has 2 N–H and O–H groups in total. The Morgan fingerprint density at radius 3 is 2.86 bits per heavy atom. The largest absolute Gasteiger partial charge is 0.373 e. The summed E-state index contributed by atoms with van der Waals surface area (Å²) in [5.41, 5.74) is 0.976. The first-order chi connectivity index (χ1) is 10.6. The van der Waals surface area contributed by atoms with Gasteiger partial charge >= 0.3 is 0 Å². The number of carbonyl (C=O) groups is 1. The summed E-state index contributed by atoms with van der Waals surface area (Å²) in [6, 6.07) is 3.17. The number of carbonyl (C=O) groups excluding carboxylic acids is 1. The standard InChI is InChI=1S/C17H24N2O3/c1-2-13-8-12(9-15(20)18-13)16(21)19-14-10-17(22-11-14)6-4-3-5-7-17/h8-9,14H,2-7,10-11H2,1H3,(H,18,20)(H,19,21)/t14-/m1/s1. The van der Waals surface area contributed by atoms with E-state index in [9.17, 15) is 9.59 Å². The Hall–Kier alpha value is -1.62. The lowest BCUT2D eigenvalue weighted by molar-refractivity contribution is -0.0246. The summed E-state index contributed by atoms with van der Waals surface area (Å²) in [6.07, 6.45) is 7.52. The van der Waals surface area contributed by atoms with Gasteiger partial charge in [0.15, 0.2) is 0 Å². The van der Waals surface area contributed by atoms with Gasteiger partial charge in [0.1, 0.15) is 0 Å². The maximum absolute atomic E-state index is 12.4. The second-order valence-electron chi connectivity index (χ2n) is 6.54. The average Bonchev–Trinajstić information content (AvgIpc) is 2.89. The van der Waals surface area contributed by atoms with Crippen LogP contribution in [0, 0.1) is 0 Å². The lowest BCUT2D eigenvalue weighted by atomic mass is 9.82. The summed E-state index contributed by atoms with van der Waals surface area (Å²) >= 11 is 0. The van der Waals surface area contributed by atoms with Gasteiger partial charge in [-0.25, -0.2) is 0 Å². The molecule has 2 heterocycles. The highest BCUT2D eigenvalue weighted by Crippen LogP contribution is 2.39. The van der Waals surface area contributed by atoms with E-state index in [0.717, 1.165) is 25.0 Å². The van der Waals surface area contributed by atoms with Crippen molar-refractivity contribution in [3.8, 4) is 0 Å². The maximum atomic E-state index is 12.4. The molecule has 1 aromatic heterocycles. The predicted molar refractivity (Wildman–Crippen MR) is 84.1 cm³/mol. The van der Waals surface area contributed by atoms with Crippen LogP contribution in [0.25, 0.3) is 0 Å². The van der Waals surface area contributed by atoms with Gasteiger partial charge < -0.3 is 15.0 Å². The zero-order chi connectivity index (χ0) is 15.6. The van der Waals surface area contributed by atoms with Gasteiger partial charge in [0.2, 0.25) is 5.56 Å². The fraction of sp³-hybridized carbons (Fsp3) is 0.647. The second-order valence-corrected chi connectivity index (χ2v) is 6.54. The lowest BCUT2D eigenvalue weighted by Gasteiger charge is -2.32. The van der Waals surface area contributed by atoms with Crippen LogP contribution in [-0.2, 0) is 11.2 Å². The first kappa shape index (κ1) is 15.3. The summed E-state index contributed by atoms with van der Waals surface area (Å²) in [5.74, 6) is -0.178. The molecular formula is C17H24N2O3. The predicted octanol–water partition coefficient (Wildman–Crippen LogP) is 2.16. The molecule has 1 aromatic rings. The van der Waals surface area contributed by atoms with Crippen molar-refractivity contribution < 1.29 is 9.53 Å². The van der Waals surface area contributed by atoms with Crippen LogP contribution in [-0.4, -0.2) is 29.1 Å². The molecule has 0 aromatic carbocycles. The molecule has 1 aliphatic carbocycles. The summed E-state index contributed by atoms with van der Waals surface area (Å²) in [5, 5.41) is 3.03. The molecule has 2 fully saturated rings. The Kier molecular flexibility index (Phi) is 4.34. The van der Waals surface area contributed by atoms with Crippen LogP contribution in [0.3, 0.4) is 0 Å². The minimum Gasteiger partial charge on any atom is -0.373 e. The lowest BCUT2D eigenvalue weighted by Crippen LogP contribution is -2.37. The third-order valence-corrected chi connectivity index (χ3v) is 4.85. The summed E-state index contributed by atoms with van der Waals surface area (Å²) < 4.78 is 6.02. The minimum absolute atomic E-state index is 0.0149. The number of hydrogen-bond donors (Lipinski definition) is 2. The highest BCUT2D eigenvalue weighted by atomic mass is 16.5. The third-order valence-electron chi connectivity index (χ3n) is 4.85. The van der Waals surface area contributed by atoms with Crippen LogP contribution in [0.4, 0.5) is 0 Å². The van der Waals surface area contributed by atoms with E-state index in [1.165, 1.54) is 25.3 Å². The number of rotatable bonds is 3. The van der Waals surface area contributed by atoms with Crippen molar-refractivity contribution in [1.29, 1.82) is 0 Å². The Bertz CT molecular complexity index is 602. The van der Waals surface area contributed by atoms with Crippen molar-refractivity contribution in [2.24, 2.45) is 0 Å². The molecule has 0 unspecified atom stereocenters. The highest BCUT2D eigenvalue weighted by Gasteiger charge is 2.41. The first-order valence-electron chi connectivity index (χ1n) is 8.28. The monoisotopic (exact) mass is 304 g/mol. The molecule has 22 heavy (non-hydrogen) atoms. The number of pyridine rings is 1. The van der Waals surface area contributed by atoms with E-state index in [2.05, 4.69) is 10.3 Å². The fourth-order valence-corrected chi connectivity index (χ4v) is 3.67. The molecule has 1 amide bonds. The molecule has 5 nitrogen and oxygen atoms in total. The molecule has 1 saturated carbocycles. The van der Waals surface area contributed by atoms with Crippen LogP contribution >= 0.6 is 0 Å². The second kappa shape index (κ2) is 6.24. The van der Waals surface area contributed by atoms with Gasteiger partial charge in [0.25, 0.3) is 5.91 Å². The average molecular weight is 304 g/mol. The van der Waals surface area contributed by atoms with Crippen LogP contribution in [0.1, 0.15) is 61.5 Å². The first-order valence-corrected chi connectivity index (χ1v) is 8.28. The van der Waals surface area contributed by atoms with Gasteiger partial charge in [0.05, 0.1) is 18.2 Å². The summed E-state index contributed by atoms with van der Waals surface area (Å²) in [6.45, 7) is 2.53. The Morgan fingerprint density at radius 1 is 1.36 bits per heavy atom. The molecular weight excluding hydrogens is 280 g/mol. The van der Waals surface area contributed by atoms with Gasteiger partial charge in [0, 0.05) is 17.3 Å². The van der Waals surface area contributed by atoms with E-state index in [1.54, 1.807) is 6.07 Å². The van der Waals surface area contributed by atoms with E-state index < -0.39 is 0 Å². The van der Waals surface area contributed by atoms with E-state index in [4.69, 9.17) is 4.74 Å². The topological polar surface area (TPSA) is 71.2 Å². The highest BCUT2D eigenvalue weighted by molar-refractivity contribution is 5.94. The third kappa shape index (κ3) is 3.24. The Morgan fingerprint density at radius 2 is 2.14 bits per heavy atom. The number of aromatic nitrogens is 1. The zero-order valence-electron chi connectivity index (χ0n) is 13.1. The number of H-pyrrole nitrogens is 1. The van der Waals surface area contributed by atoms with E-state index in [1.807, 2.05) is 6.92 Å². The number of aryl methyl sites for hydroxylation is 1. The SMILES string of the molecule is CCc1cc(C(=O)N[C@H]2COC3(CCCCC3)C2)cc(=O)[nH]1. The number of nitrogens with one attached hydrogen (secondary N) is 2. The minimum atomic E-state index is -0.226. The molecule has 1 aliphatic heterocycles. The van der Waals surface area contributed by atoms with E-state index in [0.29, 0.717) is 18.6 Å². The van der Waals surface area contributed by atoms with Crippen LogP contribution in [0.15, 0.2) is 16.9 Å². The Balaban J connectivity index is 1.65. The smallest absolute Gasteiger partial charge is 0.251 e.